The molecule has 1 aromatic carbocycles. The van der Waals surface area contributed by atoms with Crippen molar-refractivity contribution in [3.05, 3.63) is 29.8 Å². The number of rotatable bonds is 7. The molecule has 5 heteroatoms. The summed E-state index contributed by atoms with van der Waals surface area (Å²) in [6.45, 7) is 1.24. The summed E-state index contributed by atoms with van der Waals surface area (Å²) < 4.78 is 5.46. The Bertz CT molecular complexity index is 429. The lowest BCUT2D eigenvalue weighted by molar-refractivity contribution is 0.0696. The van der Waals surface area contributed by atoms with E-state index in [0.29, 0.717) is 18.9 Å². The molecule has 0 bridgehead atoms. The van der Waals surface area contributed by atoms with Crippen molar-refractivity contribution in [2.75, 3.05) is 19.8 Å². The lowest BCUT2D eigenvalue weighted by Gasteiger charge is -2.14. The van der Waals surface area contributed by atoms with Gasteiger partial charge in [0.2, 0.25) is 0 Å². The van der Waals surface area contributed by atoms with Crippen LogP contribution in [0, 0.1) is 0 Å². The molecule has 0 atom stereocenters. The maximum Gasteiger partial charge on any atom is 0.335 e. The molecule has 1 saturated carbocycles. The fourth-order valence-corrected chi connectivity index (χ4v) is 1.75. The maximum atomic E-state index is 10.8. The van der Waals surface area contributed by atoms with Crippen LogP contribution in [-0.2, 0) is 0 Å². The van der Waals surface area contributed by atoms with E-state index in [9.17, 15) is 4.79 Å². The molecule has 0 aliphatic heterocycles. The second-order valence-electron chi connectivity index (χ2n) is 4.55. The average molecular weight is 251 g/mol. The Morgan fingerprint density at radius 1 is 1.44 bits per heavy atom. The second-order valence-corrected chi connectivity index (χ2v) is 4.55. The topological polar surface area (TPSA) is 78.8 Å². The van der Waals surface area contributed by atoms with Crippen LogP contribution in [-0.4, -0.2) is 41.5 Å². The molecule has 1 aliphatic carbocycles. The van der Waals surface area contributed by atoms with Crippen LogP contribution >= 0.6 is 0 Å². The number of ether oxygens (including phenoxy) is 1. The molecule has 1 aromatic rings. The molecule has 1 aliphatic rings. The largest absolute Gasteiger partial charge is 0.492 e. The zero-order chi connectivity index (χ0) is 13.0. The van der Waals surface area contributed by atoms with Crippen LogP contribution in [0.4, 0.5) is 0 Å². The lowest BCUT2D eigenvalue weighted by Crippen LogP contribution is -2.37. The predicted octanol–water partition coefficient (Wildman–Crippen LogP) is 0.878. The normalized spacial score (nSPS) is 16.3. The smallest absolute Gasteiger partial charge is 0.335 e. The van der Waals surface area contributed by atoms with Crippen molar-refractivity contribution in [1.82, 2.24) is 5.32 Å². The van der Waals surface area contributed by atoms with Crippen LogP contribution in [0.2, 0.25) is 0 Å². The molecule has 18 heavy (non-hydrogen) atoms. The van der Waals surface area contributed by atoms with E-state index in [0.717, 1.165) is 12.8 Å². The van der Waals surface area contributed by atoms with Crippen LogP contribution < -0.4 is 10.1 Å². The Kier molecular flexibility index (Phi) is 3.84. The standard InChI is InChI=1S/C13H17NO4/c15-9-13(4-5-13)14-6-7-18-11-3-1-2-10(8-11)12(16)17/h1-3,8,14-15H,4-7,9H2,(H,16,17). The summed E-state index contributed by atoms with van der Waals surface area (Å²) in [5.74, 6) is -0.415. The minimum absolute atomic E-state index is 0.0910. The van der Waals surface area contributed by atoms with Crippen LogP contribution in [0.5, 0.6) is 5.75 Å². The monoisotopic (exact) mass is 251 g/mol. The van der Waals surface area contributed by atoms with Gasteiger partial charge in [0.15, 0.2) is 0 Å². The molecule has 0 aromatic heterocycles. The highest BCUT2D eigenvalue weighted by Crippen LogP contribution is 2.34. The molecule has 0 spiro atoms. The summed E-state index contributed by atoms with van der Waals surface area (Å²) in [6.07, 6.45) is 2.00. The molecule has 0 heterocycles. The summed E-state index contributed by atoms with van der Waals surface area (Å²) in [5, 5.41) is 21.2. The maximum absolute atomic E-state index is 10.8. The van der Waals surface area contributed by atoms with E-state index in [1.807, 2.05) is 0 Å². The molecule has 1 fully saturated rings. The quantitative estimate of drug-likeness (QED) is 0.627. The van der Waals surface area contributed by atoms with Crippen LogP contribution in [0.3, 0.4) is 0 Å². The number of carbonyl (C=O) groups is 1. The Morgan fingerprint density at radius 3 is 2.83 bits per heavy atom. The lowest BCUT2D eigenvalue weighted by atomic mass is 10.2. The van der Waals surface area contributed by atoms with Gasteiger partial charge in [0.1, 0.15) is 12.4 Å². The van der Waals surface area contributed by atoms with Gasteiger partial charge < -0.3 is 20.3 Å². The Balaban J connectivity index is 1.76. The van der Waals surface area contributed by atoms with Gasteiger partial charge in [-0.25, -0.2) is 4.79 Å². The van der Waals surface area contributed by atoms with Crippen molar-refractivity contribution in [3.8, 4) is 5.75 Å². The number of carboxylic acid groups (broad SMARTS) is 1. The first-order valence-corrected chi connectivity index (χ1v) is 5.97. The van der Waals surface area contributed by atoms with Crippen molar-refractivity contribution in [1.29, 1.82) is 0 Å². The predicted molar refractivity (Wildman–Crippen MR) is 65.9 cm³/mol. The van der Waals surface area contributed by atoms with Crippen molar-refractivity contribution in [3.63, 3.8) is 0 Å². The molecule has 98 valence electrons. The van der Waals surface area contributed by atoms with E-state index in [-0.39, 0.29) is 17.7 Å². The first-order valence-electron chi connectivity index (χ1n) is 5.97. The van der Waals surface area contributed by atoms with Gasteiger partial charge in [-0.1, -0.05) is 6.07 Å². The third kappa shape index (κ3) is 3.21. The summed E-state index contributed by atoms with van der Waals surface area (Å²) >= 11 is 0. The Labute approximate surface area is 105 Å². The number of nitrogens with one attached hydrogen (secondary N) is 1. The van der Waals surface area contributed by atoms with Crippen molar-refractivity contribution >= 4 is 5.97 Å². The Hall–Kier alpha value is -1.59. The Morgan fingerprint density at radius 2 is 2.22 bits per heavy atom. The van der Waals surface area contributed by atoms with E-state index in [4.69, 9.17) is 14.9 Å². The van der Waals surface area contributed by atoms with Crippen molar-refractivity contribution in [2.24, 2.45) is 0 Å². The van der Waals surface area contributed by atoms with E-state index in [1.165, 1.54) is 12.1 Å². The van der Waals surface area contributed by atoms with E-state index < -0.39 is 5.97 Å². The SMILES string of the molecule is O=C(O)c1cccc(OCCNC2(CO)CC2)c1. The number of aromatic carboxylic acids is 1. The minimum atomic E-state index is -0.962. The van der Waals surface area contributed by atoms with Gasteiger partial charge in [-0.05, 0) is 31.0 Å². The summed E-state index contributed by atoms with van der Waals surface area (Å²) in [6, 6.07) is 6.41. The number of aliphatic hydroxyl groups excluding tert-OH is 1. The van der Waals surface area contributed by atoms with Crippen LogP contribution in [0.25, 0.3) is 0 Å². The molecule has 0 radical (unpaired) electrons. The van der Waals surface area contributed by atoms with Gasteiger partial charge in [-0.15, -0.1) is 0 Å². The van der Waals surface area contributed by atoms with Crippen LogP contribution in [0.15, 0.2) is 24.3 Å². The van der Waals surface area contributed by atoms with E-state index >= 15 is 0 Å². The summed E-state index contributed by atoms with van der Waals surface area (Å²) in [5.41, 5.74) is 0.126. The van der Waals surface area contributed by atoms with Crippen molar-refractivity contribution < 1.29 is 19.7 Å². The average Bonchev–Trinajstić information content (AvgIpc) is 3.16. The van der Waals surface area contributed by atoms with E-state index in [1.54, 1.807) is 12.1 Å². The highest BCUT2D eigenvalue weighted by atomic mass is 16.5. The van der Waals surface area contributed by atoms with Crippen molar-refractivity contribution in [2.45, 2.75) is 18.4 Å². The minimum Gasteiger partial charge on any atom is -0.492 e. The summed E-state index contributed by atoms with van der Waals surface area (Å²) in [7, 11) is 0. The highest BCUT2D eigenvalue weighted by Gasteiger charge is 2.41. The first-order chi connectivity index (χ1) is 8.65. The number of benzene rings is 1. The highest BCUT2D eigenvalue weighted by molar-refractivity contribution is 5.87. The number of hydrogen-bond donors (Lipinski definition) is 3. The molecule has 5 nitrogen and oxygen atoms in total. The number of carboxylic acids is 1. The zero-order valence-corrected chi connectivity index (χ0v) is 10.1. The van der Waals surface area contributed by atoms with Gasteiger partial charge >= 0.3 is 5.97 Å². The van der Waals surface area contributed by atoms with Gasteiger partial charge in [0.25, 0.3) is 0 Å². The second kappa shape index (κ2) is 5.37. The molecule has 0 saturated heterocycles. The summed E-state index contributed by atoms with van der Waals surface area (Å²) in [4.78, 5) is 10.8. The molecular formula is C13H17NO4. The third-order valence-electron chi connectivity index (χ3n) is 3.11. The molecule has 0 amide bonds. The first kappa shape index (κ1) is 12.9. The molecule has 3 N–H and O–H groups in total. The fraction of sp³-hybridized carbons (Fsp3) is 0.462. The fourth-order valence-electron chi connectivity index (χ4n) is 1.75. The van der Waals surface area contributed by atoms with Gasteiger partial charge in [-0.2, -0.15) is 0 Å². The van der Waals surface area contributed by atoms with Gasteiger partial charge in [0.05, 0.1) is 12.2 Å². The zero-order valence-electron chi connectivity index (χ0n) is 10.1. The molecule has 2 rings (SSSR count). The van der Waals surface area contributed by atoms with Gasteiger partial charge in [-0.3, -0.25) is 0 Å². The molecule has 0 unspecified atom stereocenters. The number of aliphatic hydroxyl groups is 1. The molecular weight excluding hydrogens is 234 g/mol. The van der Waals surface area contributed by atoms with E-state index in [2.05, 4.69) is 5.32 Å². The number of hydrogen-bond acceptors (Lipinski definition) is 4. The van der Waals surface area contributed by atoms with Crippen LogP contribution in [0.1, 0.15) is 23.2 Å². The third-order valence-corrected chi connectivity index (χ3v) is 3.11. The van der Waals surface area contributed by atoms with Gasteiger partial charge in [0, 0.05) is 12.1 Å².